The number of hydrogen-bond acceptors (Lipinski definition) is 5. The fraction of sp³-hybridized carbons (Fsp3) is 0.429. The second-order valence-corrected chi connectivity index (χ2v) is 7.65. The van der Waals surface area contributed by atoms with Crippen LogP contribution in [0.3, 0.4) is 0 Å². The number of carbonyl (C=O) groups excluding carboxylic acids is 2. The third-order valence-electron chi connectivity index (χ3n) is 5.15. The van der Waals surface area contributed by atoms with Gasteiger partial charge in [0.05, 0.1) is 17.5 Å². The molecule has 7 nitrogen and oxygen atoms in total. The van der Waals surface area contributed by atoms with Crippen LogP contribution in [0, 0.1) is 18.3 Å². The van der Waals surface area contributed by atoms with Crippen LogP contribution in [0.4, 0.5) is 0 Å². The molecule has 1 aliphatic carbocycles. The molecule has 0 radical (unpaired) electrons. The van der Waals surface area contributed by atoms with Gasteiger partial charge in [0, 0.05) is 0 Å². The standard InChI is InChI=1S/C21H23ClN4O3/c1-14-17(18(22)26(25-14)16-9-5-3-6-10-16)20(28)29-15(2)19(27)24-21(13-23)11-7-4-8-12-21/h3,5-6,9-10,15H,4,7-8,11-12H2,1-2H3,(H,24,27). The molecular formula is C21H23ClN4O3. The number of nitrogens with zero attached hydrogens (tertiary/aromatic N) is 3. The van der Waals surface area contributed by atoms with Gasteiger partial charge in [-0.25, -0.2) is 9.48 Å². The molecule has 1 aliphatic rings. The fourth-order valence-electron chi connectivity index (χ4n) is 3.50. The lowest BCUT2D eigenvalue weighted by atomic mass is 9.83. The molecule has 3 rings (SSSR count). The molecule has 1 fully saturated rings. The topological polar surface area (TPSA) is 97.0 Å². The van der Waals surface area contributed by atoms with E-state index < -0.39 is 23.5 Å². The van der Waals surface area contributed by atoms with Crippen molar-refractivity contribution >= 4 is 23.5 Å². The van der Waals surface area contributed by atoms with Crippen molar-refractivity contribution in [1.82, 2.24) is 15.1 Å². The van der Waals surface area contributed by atoms with Gasteiger partial charge in [-0.2, -0.15) is 10.4 Å². The van der Waals surface area contributed by atoms with Crippen LogP contribution >= 0.6 is 11.6 Å². The average molecular weight is 415 g/mol. The molecule has 1 unspecified atom stereocenters. The van der Waals surface area contributed by atoms with E-state index in [1.54, 1.807) is 6.92 Å². The molecule has 1 N–H and O–H groups in total. The molecule has 0 bridgehead atoms. The number of hydrogen-bond donors (Lipinski definition) is 1. The summed E-state index contributed by atoms with van der Waals surface area (Å²) in [5.74, 6) is -1.22. The van der Waals surface area contributed by atoms with Gasteiger partial charge in [-0.15, -0.1) is 0 Å². The maximum Gasteiger partial charge on any atom is 0.344 e. The molecule has 152 valence electrons. The highest BCUT2D eigenvalue weighted by molar-refractivity contribution is 6.33. The van der Waals surface area contributed by atoms with E-state index >= 15 is 0 Å². The van der Waals surface area contributed by atoms with Gasteiger partial charge in [0.2, 0.25) is 0 Å². The lowest BCUT2D eigenvalue weighted by molar-refractivity contribution is -0.130. The molecule has 1 atom stereocenters. The predicted molar refractivity (Wildman–Crippen MR) is 108 cm³/mol. The highest BCUT2D eigenvalue weighted by atomic mass is 35.5. The number of halogens is 1. The van der Waals surface area contributed by atoms with Crippen molar-refractivity contribution in [1.29, 1.82) is 5.26 Å². The first-order valence-electron chi connectivity index (χ1n) is 9.62. The lowest BCUT2D eigenvalue weighted by Gasteiger charge is -2.32. The summed E-state index contributed by atoms with van der Waals surface area (Å²) in [4.78, 5) is 25.2. The van der Waals surface area contributed by atoms with Gasteiger partial charge < -0.3 is 10.1 Å². The van der Waals surface area contributed by atoms with Crippen molar-refractivity contribution in [3.63, 3.8) is 0 Å². The number of para-hydroxylation sites is 1. The van der Waals surface area contributed by atoms with Crippen LogP contribution in [0.25, 0.3) is 5.69 Å². The van der Waals surface area contributed by atoms with Crippen molar-refractivity contribution in [2.24, 2.45) is 0 Å². The number of amides is 1. The largest absolute Gasteiger partial charge is 0.449 e. The number of nitriles is 1. The van der Waals surface area contributed by atoms with Crippen LogP contribution in [-0.2, 0) is 9.53 Å². The van der Waals surface area contributed by atoms with E-state index in [0.29, 0.717) is 24.2 Å². The van der Waals surface area contributed by atoms with E-state index in [1.807, 2.05) is 30.3 Å². The zero-order valence-electron chi connectivity index (χ0n) is 16.4. The number of benzene rings is 1. The summed E-state index contributed by atoms with van der Waals surface area (Å²) in [6.45, 7) is 3.13. The van der Waals surface area contributed by atoms with Crippen LogP contribution in [0.1, 0.15) is 55.1 Å². The smallest absolute Gasteiger partial charge is 0.344 e. The zero-order chi connectivity index (χ0) is 21.0. The molecule has 29 heavy (non-hydrogen) atoms. The minimum absolute atomic E-state index is 0.114. The van der Waals surface area contributed by atoms with Crippen LogP contribution in [0.15, 0.2) is 30.3 Å². The van der Waals surface area contributed by atoms with Crippen LogP contribution in [-0.4, -0.2) is 33.3 Å². The number of carbonyl (C=O) groups is 2. The van der Waals surface area contributed by atoms with Crippen molar-refractivity contribution < 1.29 is 14.3 Å². The number of aryl methyl sites for hydroxylation is 1. The molecule has 0 saturated heterocycles. The van der Waals surface area contributed by atoms with E-state index in [2.05, 4.69) is 16.5 Å². The highest BCUT2D eigenvalue weighted by Crippen LogP contribution is 2.28. The van der Waals surface area contributed by atoms with Gasteiger partial charge >= 0.3 is 5.97 Å². The van der Waals surface area contributed by atoms with E-state index in [9.17, 15) is 14.9 Å². The normalized spacial score (nSPS) is 16.5. The minimum Gasteiger partial charge on any atom is -0.449 e. The summed E-state index contributed by atoms with van der Waals surface area (Å²) >= 11 is 6.38. The Morgan fingerprint density at radius 1 is 1.28 bits per heavy atom. The molecule has 1 heterocycles. The van der Waals surface area contributed by atoms with Crippen molar-refractivity contribution in [2.75, 3.05) is 0 Å². The second-order valence-electron chi connectivity index (χ2n) is 7.29. The van der Waals surface area contributed by atoms with Crippen LogP contribution in [0.2, 0.25) is 5.15 Å². The summed E-state index contributed by atoms with van der Waals surface area (Å²) in [5, 5.41) is 16.7. The SMILES string of the molecule is Cc1nn(-c2ccccc2)c(Cl)c1C(=O)OC(C)C(=O)NC1(C#N)CCCCC1. The monoisotopic (exact) mass is 414 g/mol. The molecule has 1 amide bonds. The summed E-state index contributed by atoms with van der Waals surface area (Å²) in [6.07, 6.45) is 2.96. The van der Waals surface area contributed by atoms with Gasteiger partial charge in [-0.3, -0.25) is 4.79 Å². The Bertz CT molecular complexity index is 943. The molecule has 0 aliphatic heterocycles. The molecule has 2 aromatic rings. The number of rotatable bonds is 5. The van der Waals surface area contributed by atoms with E-state index in [0.717, 1.165) is 19.3 Å². The summed E-state index contributed by atoms with van der Waals surface area (Å²) < 4.78 is 6.79. The van der Waals surface area contributed by atoms with Gasteiger partial charge in [0.25, 0.3) is 5.91 Å². The van der Waals surface area contributed by atoms with Crippen molar-refractivity contribution in [3.8, 4) is 11.8 Å². The second kappa shape index (κ2) is 8.66. The van der Waals surface area contributed by atoms with Crippen molar-refractivity contribution in [2.45, 2.75) is 57.6 Å². The van der Waals surface area contributed by atoms with E-state index in [1.165, 1.54) is 11.6 Å². The van der Waals surface area contributed by atoms with E-state index in [4.69, 9.17) is 16.3 Å². The summed E-state index contributed by atoms with van der Waals surface area (Å²) in [5.41, 5.74) is 0.334. The fourth-order valence-corrected chi connectivity index (χ4v) is 3.85. The molecule has 8 heteroatoms. The molecule has 1 saturated carbocycles. The Morgan fingerprint density at radius 2 is 1.93 bits per heavy atom. The molecule has 1 aromatic heterocycles. The Morgan fingerprint density at radius 3 is 2.55 bits per heavy atom. The average Bonchev–Trinajstić information content (AvgIpc) is 3.03. The zero-order valence-corrected chi connectivity index (χ0v) is 17.2. The first-order valence-corrected chi connectivity index (χ1v) is 9.99. The van der Waals surface area contributed by atoms with Gasteiger partial charge in [0.15, 0.2) is 6.10 Å². The Kier molecular flexibility index (Phi) is 6.23. The number of nitrogens with one attached hydrogen (secondary N) is 1. The molecule has 0 spiro atoms. The minimum atomic E-state index is -1.06. The Hall–Kier alpha value is -2.85. The van der Waals surface area contributed by atoms with Crippen LogP contribution < -0.4 is 5.32 Å². The maximum absolute atomic E-state index is 12.7. The predicted octanol–water partition coefficient (Wildman–Crippen LogP) is 3.72. The highest BCUT2D eigenvalue weighted by Gasteiger charge is 2.36. The first kappa shape index (κ1) is 20.9. The number of aromatic nitrogens is 2. The molecule has 1 aromatic carbocycles. The van der Waals surface area contributed by atoms with Crippen molar-refractivity contribution in [3.05, 3.63) is 46.7 Å². The lowest BCUT2D eigenvalue weighted by Crippen LogP contribution is -2.52. The van der Waals surface area contributed by atoms with E-state index in [-0.39, 0.29) is 10.7 Å². The number of esters is 1. The molecular weight excluding hydrogens is 392 g/mol. The summed E-state index contributed by atoms with van der Waals surface area (Å²) in [7, 11) is 0. The Balaban J connectivity index is 1.72. The Labute approximate surface area is 174 Å². The van der Waals surface area contributed by atoms with Crippen LogP contribution in [0.5, 0.6) is 0 Å². The maximum atomic E-state index is 12.7. The third-order valence-corrected chi connectivity index (χ3v) is 5.49. The third kappa shape index (κ3) is 4.43. The first-order chi connectivity index (χ1) is 13.9. The van der Waals surface area contributed by atoms with Gasteiger partial charge in [-0.1, -0.05) is 49.1 Å². The summed E-state index contributed by atoms with van der Waals surface area (Å²) in [6, 6.07) is 11.4. The quantitative estimate of drug-likeness (QED) is 0.752. The van der Waals surface area contributed by atoms with Gasteiger partial charge in [0.1, 0.15) is 16.3 Å². The number of ether oxygens (including phenoxy) is 1. The van der Waals surface area contributed by atoms with Gasteiger partial charge in [-0.05, 0) is 38.8 Å².